The zero-order chi connectivity index (χ0) is 16.9. The maximum absolute atomic E-state index is 13.7. The quantitative estimate of drug-likeness (QED) is 0.344. The van der Waals surface area contributed by atoms with Gasteiger partial charge in [0.15, 0.2) is 5.75 Å². The topological polar surface area (TPSA) is 12.5 Å². The van der Waals surface area contributed by atoms with Crippen LogP contribution in [0.4, 0.5) is 22.0 Å². The molecule has 126 valence electrons. The lowest BCUT2D eigenvalue weighted by atomic mass is 9.99. The van der Waals surface area contributed by atoms with Gasteiger partial charge in [-0.2, -0.15) is 8.78 Å². The molecular formula is C15H14F5NOS. The second-order valence-corrected chi connectivity index (χ2v) is 6.51. The lowest BCUT2D eigenvalue weighted by molar-refractivity contribution is 0.0812. The Morgan fingerprint density at radius 3 is 1.78 bits per heavy atom. The van der Waals surface area contributed by atoms with Crippen LogP contribution in [0.2, 0.25) is 0 Å². The van der Waals surface area contributed by atoms with E-state index in [4.69, 9.17) is 17.0 Å². The standard InChI is InChI=1S/C15H14F5NOS/c1-6(23)21-7-2-3-8(21)5-9(4-7)22-15-13(19)11(17)10(16)12(18)14(15)20/h7-9H,2-5H2,1H3. The fourth-order valence-corrected chi connectivity index (χ4v) is 3.89. The van der Waals surface area contributed by atoms with Crippen molar-refractivity contribution in [1.29, 1.82) is 0 Å². The van der Waals surface area contributed by atoms with Gasteiger partial charge in [-0.15, -0.1) is 0 Å². The smallest absolute Gasteiger partial charge is 0.207 e. The molecule has 2 aliphatic heterocycles. The second-order valence-electron chi connectivity index (χ2n) is 5.92. The minimum atomic E-state index is -2.18. The number of hydrogen-bond acceptors (Lipinski definition) is 2. The number of nitrogens with zero attached hydrogens (tertiary/aromatic N) is 1. The van der Waals surface area contributed by atoms with E-state index in [9.17, 15) is 22.0 Å². The average molecular weight is 351 g/mol. The van der Waals surface area contributed by atoms with E-state index < -0.39 is 40.9 Å². The number of rotatable bonds is 2. The van der Waals surface area contributed by atoms with Crippen LogP contribution in [0.1, 0.15) is 32.6 Å². The number of benzene rings is 1. The first-order chi connectivity index (χ1) is 10.8. The highest BCUT2D eigenvalue weighted by atomic mass is 32.1. The van der Waals surface area contributed by atoms with Crippen LogP contribution >= 0.6 is 12.2 Å². The maximum atomic E-state index is 13.7. The van der Waals surface area contributed by atoms with Crippen molar-refractivity contribution in [2.45, 2.75) is 50.8 Å². The molecule has 23 heavy (non-hydrogen) atoms. The first-order valence-electron chi connectivity index (χ1n) is 7.28. The van der Waals surface area contributed by atoms with Gasteiger partial charge in [-0.05, 0) is 19.8 Å². The van der Waals surface area contributed by atoms with E-state index in [1.54, 1.807) is 0 Å². The zero-order valence-electron chi connectivity index (χ0n) is 12.2. The van der Waals surface area contributed by atoms with Gasteiger partial charge >= 0.3 is 0 Å². The molecule has 2 bridgehead atoms. The molecule has 2 aliphatic rings. The molecule has 2 atom stereocenters. The molecule has 2 nitrogen and oxygen atoms in total. The van der Waals surface area contributed by atoms with Crippen molar-refractivity contribution >= 4 is 17.2 Å². The van der Waals surface area contributed by atoms with Crippen molar-refractivity contribution < 1.29 is 26.7 Å². The molecule has 0 aromatic heterocycles. The van der Waals surface area contributed by atoms with Crippen molar-refractivity contribution in [3.8, 4) is 5.75 Å². The van der Waals surface area contributed by atoms with Crippen molar-refractivity contribution in [1.82, 2.24) is 4.90 Å². The minimum absolute atomic E-state index is 0.0810. The van der Waals surface area contributed by atoms with Crippen LogP contribution in [-0.4, -0.2) is 28.1 Å². The van der Waals surface area contributed by atoms with Crippen LogP contribution in [-0.2, 0) is 0 Å². The molecule has 2 fully saturated rings. The molecule has 1 aromatic rings. The normalized spacial score (nSPS) is 26.5. The number of hydrogen-bond donors (Lipinski definition) is 0. The van der Waals surface area contributed by atoms with Gasteiger partial charge in [0.2, 0.25) is 29.1 Å². The van der Waals surface area contributed by atoms with Gasteiger partial charge in [0.1, 0.15) is 6.10 Å². The van der Waals surface area contributed by atoms with E-state index in [-0.39, 0.29) is 12.1 Å². The molecule has 0 spiro atoms. The summed E-state index contributed by atoms with van der Waals surface area (Å²) in [5, 5.41) is 0. The molecule has 3 rings (SSSR count). The molecule has 2 saturated heterocycles. The number of piperidine rings is 1. The lowest BCUT2D eigenvalue weighted by Gasteiger charge is -2.39. The monoisotopic (exact) mass is 351 g/mol. The summed E-state index contributed by atoms with van der Waals surface area (Å²) in [5.41, 5.74) is 0. The summed E-state index contributed by atoms with van der Waals surface area (Å²) >= 11 is 5.19. The van der Waals surface area contributed by atoms with Crippen molar-refractivity contribution in [3.05, 3.63) is 29.1 Å². The molecule has 0 saturated carbocycles. The minimum Gasteiger partial charge on any atom is -0.484 e. The summed E-state index contributed by atoms with van der Waals surface area (Å²) < 4.78 is 72.1. The van der Waals surface area contributed by atoms with E-state index in [1.165, 1.54) is 0 Å². The summed E-state index contributed by atoms with van der Waals surface area (Å²) in [7, 11) is 0. The Morgan fingerprint density at radius 2 is 1.35 bits per heavy atom. The third kappa shape index (κ3) is 2.66. The second kappa shape index (κ2) is 5.89. The zero-order valence-corrected chi connectivity index (χ0v) is 13.0. The van der Waals surface area contributed by atoms with E-state index in [1.807, 2.05) is 6.92 Å². The third-order valence-corrected chi connectivity index (χ3v) is 4.72. The Labute approximate surface area is 135 Å². The highest BCUT2D eigenvalue weighted by Gasteiger charge is 2.42. The number of fused-ring (bicyclic) bond motifs is 2. The number of halogens is 5. The van der Waals surface area contributed by atoms with Gasteiger partial charge in [-0.1, -0.05) is 12.2 Å². The van der Waals surface area contributed by atoms with E-state index in [2.05, 4.69) is 4.90 Å². The van der Waals surface area contributed by atoms with Crippen molar-refractivity contribution in [2.24, 2.45) is 0 Å². The molecule has 2 unspecified atom stereocenters. The van der Waals surface area contributed by atoms with Gasteiger partial charge in [0, 0.05) is 24.9 Å². The lowest BCUT2D eigenvalue weighted by Crippen LogP contribution is -2.48. The fourth-order valence-electron chi connectivity index (χ4n) is 3.59. The van der Waals surface area contributed by atoms with Crippen LogP contribution in [0.15, 0.2) is 0 Å². The van der Waals surface area contributed by atoms with Crippen LogP contribution < -0.4 is 4.74 Å². The van der Waals surface area contributed by atoms with Crippen LogP contribution in [0, 0.1) is 29.1 Å². The summed E-state index contributed by atoms with van der Waals surface area (Å²) in [6.07, 6.45) is 2.01. The van der Waals surface area contributed by atoms with E-state index in [0.717, 1.165) is 17.8 Å². The predicted octanol–water partition coefficient (Wildman–Crippen LogP) is 4.10. The molecular weight excluding hydrogens is 337 g/mol. The summed E-state index contributed by atoms with van der Waals surface area (Å²) in [6.45, 7) is 1.81. The van der Waals surface area contributed by atoms with Gasteiger partial charge in [-0.25, -0.2) is 13.2 Å². The number of thiocarbonyl (C=S) groups is 1. The summed E-state index contributed by atoms with van der Waals surface area (Å²) in [5.74, 6) is -11.2. The molecule has 0 amide bonds. The van der Waals surface area contributed by atoms with Crippen LogP contribution in [0.5, 0.6) is 5.75 Å². The van der Waals surface area contributed by atoms with Gasteiger partial charge < -0.3 is 9.64 Å². The van der Waals surface area contributed by atoms with Crippen LogP contribution in [0.3, 0.4) is 0 Å². The van der Waals surface area contributed by atoms with Gasteiger partial charge in [0.05, 0.1) is 4.99 Å². The predicted molar refractivity (Wildman–Crippen MR) is 76.8 cm³/mol. The Kier molecular flexibility index (Phi) is 4.20. The Bertz CT molecular complexity index is 625. The molecule has 1 aromatic carbocycles. The van der Waals surface area contributed by atoms with Crippen LogP contribution in [0.25, 0.3) is 0 Å². The van der Waals surface area contributed by atoms with Gasteiger partial charge in [0.25, 0.3) is 0 Å². The highest BCUT2D eigenvalue weighted by molar-refractivity contribution is 7.80. The Morgan fingerprint density at radius 1 is 0.913 bits per heavy atom. The first kappa shape index (κ1) is 16.4. The van der Waals surface area contributed by atoms with E-state index in [0.29, 0.717) is 12.8 Å². The fraction of sp³-hybridized carbons (Fsp3) is 0.533. The van der Waals surface area contributed by atoms with Crippen molar-refractivity contribution in [2.75, 3.05) is 0 Å². The summed E-state index contributed by atoms with van der Waals surface area (Å²) in [6, 6.07) is 0.162. The Balaban J connectivity index is 1.84. The Hall–Kier alpha value is -1.44. The van der Waals surface area contributed by atoms with Crippen molar-refractivity contribution in [3.63, 3.8) is 0 Å². The van der Waals surface area contributed by atoms with E-state index >= 15 is 0 Å². The SMILES string of the molecule is CC(=S)N1C2CCC1CC(Oc1c(F)c(F)c(F)c(F)c1F)C2. The molecule has 0 aliphatic carbocycles. The molecule has 8 heteroatoms. The summed E-state index contributed by atoms with van der Waals surface area (Å²) in [4.78, 5) is 2.82. The molecule has 2 heterocycles. The van der Waals surface area contributed by atoms with Gasteiger partial charge in [-0.3, -0.25) is 0 Å². The molecule has 0 radical (unpaired) electrons. The average Bonchev–Trinajstić information content (AvgIpc) is 2.79. The number of ether oxygens (including phenoxy) is 1. The molecule has 0 N–H and O–H groups in total. The first-order valence-corrected chi connectivity index (χ1v) is 7.69. The third-order valence-electron chi connectivity index (χ3n) is 4.51. The highest BCUT2D eigenvalue weighted by Crippen LogP contribution is 2.39. The maximum Gasteiger partial charge on any atom is 0.207 e. The largest absolute Gasteiger partial charge is 0.484 e.